The van der Waals surface area contributed by atoms with Gasteiger partial charge < -0.3 is 19.7 Å². The molecule has 0 unspecified atom stereocenters. The van der Waals surface area contributed by atoms with Crippen molar-refractivity contribution < 1.29 is 14.3 Å². The summed E-state index contributed by atoms with van der Waals surface area (Å²) < 4.78 is 10.6. The number of hydrogen-bond donors (Lipinski definition) is 1. The Morgan fingerprint density at radius 2 is 2.12 bits per heavy atom. The van der Waals surface area contributed by atoms with Crippen molar-refractivity contribution in [1.29, 1.82) is 0 Å². The SMILES string of the molecule is CCOc1ccc(C(=O)NCc2cc(C)nc(N3CCOCC3)n2)cn1. The molecule has 1 N–H and O–H groups in total. The molecule has 3 rings (SSSR count). The first-order valence-electron chi connectivity index (χ1n) is 8.70. The summed E-state index contributed by atoms with van der Waals surface area (Å²) >= 11 is 0. The number of anilines is 1. The van der Waals surface area contributed by atoms with E-state index < -0.39 is 0 Å². The van der Waals surface area contributed by atoms with E-state index in [2.05, 4.69) is 25.2 Å². The molecule has 8 heteroatoms. The zero-order valence-corrected chi connectivity index (χ0v) is 15.1. The van der Waals surface area contributed by atoms with Crippen LogP contribution in [-0.4, -0.2) is 53.8 Å². The topological polar surface area (TPSA) is 89.5 Å². The van der Waals surface area contributed by atoms with Gasteiger partial charge in [-0.25, -0.2) is 15.0 Å². The van der Waals surface area contributed by atoms with Gasteiger partial charge in [0, 0.05) is 31.0 Å². The molecule has 2 aromatic heterocycles. The van der Waals surface area contributed by atoms with Gasteiger partial charge in [0.25, 0.3) is 5.91 Å². The number of morpholine rings is 1. The number of ether oxygens (including phenoxy) is 2. The number of carbonyl (C=O) groups excluding carboxylic acids is 1. The van der Waals surface area contributed by atoms with Crippen LogP contribution in [0.15, 0.2) is 24.4 Å². The van der Waals surface area contributed by atoms with E-state index in [4.69, 9.17) is 9.47 Å². The van der Waals surface area contributed by atoms with Crippen molar-refractivity contribution in [3.05, 3.63) is 41.3 Å². The second-order valence-corrected chi connectivity index (χ2v) is 5.90. The number of nitrogens with one attached hydrogen (secondary N) is 1. The quantitative estimate of drug-likeness (QED) is 0.834. The van der Waals surface area contributed by atoms with Crippen molar-refractivity contribution in [2.45, 2.75) is 20.4 Å². The summed E-state index contributed by atoms with van der Waals surface area (Å²) in [6.07, 6.45) is 1.50. The molecule has 1 saturated heterocycles. The number of carbonyl (C=O) groups is 1. The van der Waals surface area contributed by atoms with Crippen molar-refractivity contribution in [1.82, 2.24) is 20.3 Å². The Morgan fingerprint density at radius 3 is 2.81 bits per heavy atom. The second-order valence-electron chi connectivity index (χ2n) is 5.90. The molecule has 0 saturated carbocycles. The molecule has 26 heavy (non-hydrogen) atoms. The first-order valence-corrected chi connectivity index (χ1v) is 8.70. The van der Waals surface area contributed by atoms with Crippen LogP contribution in [0, 0.1) is 6.92 Å². The Kier molecular flexibility index (Phi) is 5.96. The highest BCUT2D eigenvalue weighted by atomic mass is 16.5. The molecule has 0 aromatic carbocycles. The van der Waals surface area contributed by atoms with Crippen LogP contribution in [0.1, 0.15) is 28.7 Å². The lowest BCUT2D eigenvalue weighted by atomic mass is 10.2. The number of aryl methyl sites for hydroxylation is 1. The van der Waals surface area contributed by atoms with Crippen LogP contribution in [0.4, 0.5) is 5.95 Å². The fourth-order valence-electron chi connectivity index (χ4n) is 2.63. The zero-order valence-electron chi connectivity index (χ0n) is 15.1. The molecule has 0 bridgehead atoms. The highest BCUT2D eigenvalue weighted by Crippen LogP contribution is 2.13. The molecule has 2 aromatic rings. The highest BCUT2D eigenvalue weighted by molar-refractivity contribution is 5.93. The Hall–Kier alpha value is -2.74. The van der Waals surface area contributed by atoms with Gasteiger partial charge >= 0.3 is 0 Å². The van der Waals surface area contributed by atoms with Gasteiger partial charge in [0.05, 0.1) is 37.6 Å². The van der Waals surface area contributed by atoms with E-state index in [1.165, 1.54) is 6.20 Å². The van der Waals surface area contributed by atoms with E-state index in [0.29, 0.717) is 43.8 Å². The molecule has 1 aliphatic heterocycles. The minimum absolute atomic E-state index is 0.204. The summed E-state index contributed by atoms with van der Waals surface area (Å²) in [5.74, 6) is 0.982. The van der Waals surface area contributed by atoms with E-state index in [1.54, 1.807) is 12.1 Å². The van der Waals surface area contributed by atoms with Crippen LogP contribution in [-0.2, 0) is 11.3 Å². The molecule has 0 spiro atoms. The van der Waals surface area contributed by atoms with E-state index in [0.717, 1.165) is 24.5 Å². The van der Waals surface area contributed by atoms with Crippen molar-refractivity contribution >= 4 is 11.9 Å². The second kappa shape index (κ2) is 8.57. The third-order valence-electron chi connectivity index (χ3n) is 3.91. The lowest BCUT2D eigenvalue weighted by molar-refractivity contribution is 0.0950. The van der Waals surface area contributed by atoms with Crippen LogP contribution >= 0.6 is 0 Å². The molecule has 0 atom stereocenters. The third kappa shape index (κ3) is 4.66. The van der Waals surface area contributed by atoms with Crippen molar-refractivity contribution in [2.75, 3.05) is 37.8 Å². The van der Waals surface area contributed by atoms with E-state index >= 15 is 0 Å². The Morgan fingerprint density at radius 1 is 1.31 bits per heavy atom. The average molecular weight is 357 g/mol. The lowest BCUT2D eigenvalue weighted by Crippen LogP contribution is -2.37. The molecular formula is C18H23N5O3. The maximum absolute atomic E-state index is 12.3. The van der Waals surface area contributed by atoms with Gasteiger partial charge in [-0.2, -0.15) is 0 Å². The number of rotatable bonds is 6. The first kappa shape index (κ1) is 18.1. The summed E-state index contributed by atoms with van der Waals surface area (Å²) in [6, 6.07) is 5.25. The van der Waals surface area contributed by atoms with Crippen LogP contribution in [0.3, 0.4) is 0 Å². The molecule has 8 nitrogen and oxygen atoms in total. The number of hydrogen-bond acceptors (Lipinski definition) is 7. The molecule has 1 fully saturated rings. The monoisotopic (exact) mass is 357 g/mol. The molecule has 138 valence electrons. The highest BCUT2D eigenvalue weighted by Gasteiger charge is 2.15. The molecule has 1 aliphatic rings. The Balaban J connectivity index is 1.63. The minimum Gasteiger partial charge on any atom is -0.478 e. The summed E-state index contributed by atoms with van der Waals surface area (Å²) in [7, 11) is 0. The number of aromatic nitrogens is 3. The van der Waals surface area contributed by atoms with Gasteiger partial charge in [-0.05, 0) is 26.0 Å². The normalized spacial score (nSPS) is 14.2. The standard InChI is InChI=1S/C18H23N5O3/c1-3-26-16-5-4-14(11-19-16)17(24)20-12-15-10-13(2)21-18(22-15)23-6-8-25-9-7-23/h4-5,10-11H,3,6-9,12H2,1-2H3,(H,20,24). The summed E-state index contributed by atoms with van der Waals surface area (Å²) in [5, 5.41) is 2.87. The minimum atomic E-state index is -0.204. The van der Waals surface area contributed by atoms with E-state index in [-0.39, 0.29) is 5.91 Å². The van der Waals surface area contributed by atoms with Crippen molar-refractivity contribution in [2.24, 2.45) is 0 Å². The van der Waals surface area contributed by atoms with Gasteiger partial charge in [-0.15, -0.1) is 0 Å². The van der Waals surface area contributed by atoms with Gasteiger partial charge in [-0.3, -0.25) is 4.79 Å². The van der Waals surface area contributed by atoms with Crippen molar-refractivity contribution in [3.8, 4) is 5.88 Å². The van der Waals surface area contributed by atoms with E-state index in [9.17, 15) is 4.79 Å². The predicted molar refractivity (Wildman–Crippen MR) is 96.4 cm³/mol. The van der Waals surface area contributed by atoms with Gasteiger partial charge in [0.1, 0.15) is 0 Å². The molecule has 0 aliphatic carbocycles. The van der Waals surface area contributed by atoms with Crippen LogP contribution < -0.4 is 15.0 Å². The van der Waals surface area contributed by atoms with Crippen LogP contribution in [0.5, 0.6) is 5.88 Å². The third-order valence-corrected chi connectivity index (χ3v) is 3.91. The van der Waals surface area contributed by atoms with Gasteiger partial charge in [-0.1, -0.05) is 0 Å². The maximum atomic E-state index is 12.3. The fourth-order valence-corrected chi connectivity index (χ4v) is 2.63. The molecule has 1 amide bonds. The average Bonchev–Trinajstić information content (AvgIpc) is 2.67. The Bertz CT molecular complexity index is 745. The number of nitrogens with zero attached hydrogens (tertiary/aromatic N) is 4. The predicted octanol–water partition coefficient (Wildman–Crippen LogP) is 1.35. The van der Waals surface area contributed by atoms with Gasteiger partial charge in [0.15, 0.2) is 0 Å². The smallest absolute Gasteiger partial charge is 0.253 e. The summed E-state index contributed by atoms with van der Waals surface area (Å²) in [5.41, 5.74) is 2.12. The summed E-state index contributed by atoms with van der Waals surface area (Å²) in [4.78, 5) is 27.6. The molecule has 3 heterocycles. The van der Waals surface area contributed by atoms with E-state index in [1.807, 2.05) is 19.9 Å². The largest absolute Gasteiger partial charge is 0.478 e. The van der Waals surface area contributed by atoms with Crippen molar-refractivity contribution in [3.63, 3.8) is 0 Å². The first-order chi connectivity index (χ1) is 12.7. The fraction of sp³-hybridized carbons (Fsp3) is 0.444. The van der Waals surface area contributed by atoms with Crippen LogP contribution in [0.25, 0.3) is 0 Å². The lowest BCUT2D eigenvalue weighted by Gasteiger charge is -2.27. The summed E-state index contributed by atoms with van der Waals surface area (Å²) in [6.45, 7) is 7.57. The number of amides is 1. The Labute approximate surface area is 152 Å². The molecular weight excluding hydrogens is 334 g/mol. The number of pyridine rings is 1. The maximum Gasteiger partial charge on any atom is 0.253 e. The van der Waals surface area contributed by atoms with Gasteiger partial charge in [0.2, 0.25) is 11.8 Å². The van der Waals surface area contributed by atoms with Crippen LogP contribution in [0.2, 0.25) is 0 Å². The zero-order chi connectivity index (χ0) is 18.4. The molecule has 0 radical (unpaired) electrons.